The molecule has 2 rings (SSSR count). The zero-order valence-electron chi connectivity index (χ0n) is 10.3. The van der Waals surface area contributed by atoms with Crippen molar-refractivity contribution in [3.63, 3.8) is 0 Å². The van der Waals surface area contributed by atoms with Gasteiger partial charge in [0, 0.05) is 37.6 Å². The molecule has 0 aliphatic carbocycles. The maximum absolute atomic E-state index is 5.85. The second-order valence-corrected chi connectivity index (χ2v) is 4.23. The molecule has 4 nitrogen and oxygen atoms in total. The monoisotopic (exact) mass is 230 g/mol. The Bertz CT molecular complexity index is 502. The van der Waals surface area contributed by atoms with Gasteiger partial charge in [-0.1, -0.05) is 6.07 Å². The summed E-state index contributed by atoms with van der Waals surface area (Å²) < 4.78 is 1.82. The van der Waals surface area contributed by atoms with Crippen LogP contribution in [0.5, 0.6) is 0 Å². The van der Waals surface area contributed by atoms with Crippen molar-refractivity contribution in [2.45, 2.75) is 13.3 Å². The van der Waals surface area contributed by atoms with E-state index in [1.165, 1.54) is 0 Å². The normalized spacial score (nSPS) is 10.5. The number of benzene rings is 1. The topological polar surface area (TPSA) is 55.9 Å². The van der Waals surface area contributed by atoms with Crippen LogP contribution >= 0.6 is 0 Å². The summed E-state index contributed by atoms with van der Waals surface area (Å²) in [5, 5.41) is 7.67. The third-order valence-corrected chi connectivity index (χ3v) is 2.76. The van der Waals surface area contributed by atoms with Gasteiger partial charge in [-0.05, 0) is 30.7 Å². The number of nitrogen functional groups attached to an aromatic ring is 1. The van der Waals surface area contributed by atoms with Gasteiger partial charge in [0.1, 0.15) is 0 Å². The van der Waals surface area contributed by atoms with Crippen molar-refractivity contribution >= 4 is 11.4 Å². The third kappa shape index (κ3) is 3.00. The predicted octanol–water partition coefficient (Wildman–Crippen LogP) is 1.97. The van der Waals surface area contributed by atoms with E-state index >= 15 is 0 Å². The Labute approximate surface area is 101 Å². The molecule has 1 heterocycles. The van der Waals surface area contributed by atoms with Crippen molar-refractivity contribution in [3.05, 3.63) is 41.7 Å². The summed E-state index contributed by atoms with van der Waals surface area (Å²) in [7, 11) is 1.93. The highest BCUT2D eigenvalue weighted by Gasteiger charge is 1.98. The minimum atomic E-state index is 0.827. The molecule has 0 saturated heterocycles. The van der Waals surface area contributed by atoms with Gasteiger partial charge in [0.2, 0.25) is 0 Å². The first-order chi connectivity index (χ1) is 8.15. The number of aryl methyl sites for hydroxylation is 2. The van der Waals surface area contributed by atoms with Crippen LogP contribution in [-0.4, -0.2) is 16.3 Å². The minimum absolute atomic E-state index is 0.827. The number of nitrogens with two attached hydrogens (primary N) is 1. The van der Waals surface area contributed by atoms with Crippen LogP contribution in [0, 0.1) is 6.92 Å². The Morgan fingerprint density at radius 2 is 2.18 bits per heavy atom. The molecular weight excluding hydrogens is 212 g/mol. The van der Waals surface area contributed by atoms with Gasteiger partial charge in [0.15, 0.2) is 0 Å². The number of nitrogens with one attached hydrogen (secondary N) is 1. The largest absolute Gasteiger partial charge is 0.398 e. The fraction of sp³-hybridized carbons (Fsp3) is 0.308. The summed E-state index contributed by atoms with van der Waals surface area (Å²) in [6, 6.07) is 8.07. The lowest BCUT2D eigenvalue weighted by Gasteiger charge is -2.07. The molecule has 3 N–H and O–H groups in total. The average molecular weight is 230 g/mol. The molecule has 1 aromatic heterocycles. The Kier molecular flexibility index (Phi) is 3.32. The lowest BCUT2D eigenvalue weighted by molar-refractivity contribution is 0.742. The molecule has 4 heteroatoms. The Morgan fingerprint density at radius 1 is 1.35 bits per heavy atom. The van der Waals surface area contributed by atoms with E-state index in [0.717, 1.165) is 35.6 Å². The number of anilines is 2. The summed E-state index contributed by atoms with van der Waals surface area (Å²) in [4.78, 5) is 0. The zero-order chi connectivity index (χ0) is 12.3. The van der Waals surface area contributed by atoms with Crippen LogP contribution in [-0.2, 0) is 13.5 Å². The lowest BCUT2D eigenvalue weighted by Crippen LogP contribution is -2.06. The quantitative estimate of drug-likeness (QED) is 0.789. The fourth-order valence-electron chi connectivity index (χ4n) is 1.68. The van der Waals surface area contributed by atoms with E-state index in [2.05, 4.69) is 10.4 Å². The maximum atomic E-state index is 5.85. The van der Waals surface area contributed by atoms with Crippen LogP contribution < -0.4 is 11.1 Å². The summed E-state index contributed by atoms with van der Waals surface area (Å²) in [6.07, 6.45) is 2.87. The molecule has 17 heavy (non-hydrogen) atoms. The van der Waals surface area contributed by atoms with Gasteiger partial charge >= 0.3 is 0 Å². The van der Waals surface area contributed by atoms with Crippen molar-refractivity contribution in [3.8, 4) is 0 Å². The zero-order valence-corrected chi connectivity index (χ0v) is 10.3. The molecule has 0 aliphatic heterocycles. The maximum Gasteiger partial charge on any atom is 0.0642 e. The second kappa shape index (κ2) is 4.91. The van der Waals surface area contributed by atoms with Crippen LogP contribution in [0.2, 0.25) is 0 Å². The van der Waals surface area contributed by atoms with Gasteiger partial charge in [0.25, 0.3) is 0 Å². The van der Waals surface area contributed by atoms with E-state index in [1.54, 1.807) is 0 Å². The molecule has 0 atom stereocenters. The Hall–Kier alpha value is -1.97. The highest BCUT2D eigenvalue weighted by molar-refractivity contribution is 5.58. The standard InChI is InChI=1S/C13H18N4/c1-10-3-4-12(9-13(10)14)15-7-5-11-6-8-17(2)16-11/h3-4,6,8-9,15H,5,7,14H2,1-2H3. The first-order valence-corrected chi connectivity index (χ1v) is 5.73. The lowest BCUT2D eigenvalue weighted by atomic mass is 10.2. The van der Waals surface area contributed by atoms with Gasteiger partial charge in [-0.25, -0.2) is 0 Å². The van der Waals surface area contributed by atoms with E-state index < -0.39 is 0 Å². The van der Waals surface area contributed by atoms with Crippen molar-refractivity contribution in [1.82, 2.24) is 9.78 Å². The first-order valence-electron chi connectivity index (χ1n) is 5.73. The van der Waals surface area contributed by atoms with Gasteiger partial charge in [0.05, 0.1) is 5.69 Å². The van der Waals surface area contributed by atoms with E-state index in [1.807, 2.05) is 49.1 Å². The minimum Gasteiger partial charge on any atom is -0.398 e. The van der Waals surface area contributed by atoms with Gasteiger partial charge in [-0.3, -0.25) is 4.68 Å². The molecule has 1 aromatic carbocycles. The highest BCUT2D eigenvalue weighted by Crippen LogP contribution is 2.16. The van der Waals surface area contributed by atoms with Crippen molar-refractivity contribution in [2.75, 3.05) is 17.6 Å². The number of hydrogen-bond donors (Lipinski definition) is 2. The summed E-state index contributed by atoms with van der Waals surface area (Å²) in [5.74, 6) is 0. The molecule has 0 bridgehead atoms. The molecule has 0 saturated carbocycles. The SMILES string of the molecule is Cc1ccc(NCCc2ccn(C)n2)cc1N. The van der Waals surface area contributed by atoms with Crippen LogP contribution in [0.25, 0.3) is 0 Å². The van der Waals surface area contributed by atoms with Gasteiger partial charge in [-0.2, -0.15) is 5.10 Å². The summed E-state index contributed by atoms with van der Waals surface area (Å²) >= 11 is 0. The molecule has 0 unspecified atom stereocenters. The third-order valence-electron chi connectivity index (χ3n) is 2.76. The fourth-order valence-corrected chi connectivity index (χ4v) is 1.68. The van der Waals surface area contributed by atoms with Gasteiger partial charge < -0.3 is 11.1 Å². The number of aromatic nitrogens is 2. The first kappa shape index (κ1) is 11.5. The number of hydrogen-bond acceptors (Lipinski definition) is 3. The predicted molar refractivity (Wildman–Crippen MR) is 71.0 cm³/mol. The number of rotatable bonds is 4. The van der Waals surface area contributed by atoms with Crippen LogP contribution in [0.1, 0.15) is 11.3 Å². The highest BCUT2D eigenvalue weighted by atomic mass is 15.2. The smallest absolute Gasteiger partial charge is 0.0642 e. The number of nitrogens with zero attached hydrogens (tertiary/aromatic N) is 2. The molecule has 0 radical (unpaired) electrons. The molecule has 0 fully saturated rings. The summed E-state index contributed by atoms with van der Waals surface area (Å²) in [5.41, 5.74) is 9.95. The van der Waals surface area contributed by atoms with E-state index in [9.17, 15) is 0 Å². The molecule has 90 valence electrons. The van der Waals surface area contributed by atoms with Crippen molar-refractivity contribution in [1.29, 1.82) is 0 Å². The molecule has 0 spiro atoms. The molecule has 2 aromatic rings. The van der Waals surface area contributed by atoms with Crippen LogP contribution in [0.3, 0.4) is 0 Å². The average Bonchev–Trinajstić information content (AvgIpc) is 2.70. The Morgan fingerprint density at radius 3 is 2.82 bits per heavy atom. The van der Waals surface area contributed by atoms with Gasteiger partial charge in [-0.15, -0.1) is 0 Å². The van der Waals surface area contributed by atoms with Crippen molar-refractivity contribution in [2.24, 2.45) is 7.05 Å². The van der Waals surface area contributed by atoms with E-state index in [4.69, 9.17) is 5.73 Å². The second-order valence-electron chi connectivity index (χ2n) is 4.23. The molecule has 0 aliphatic rings. The summed E-state index contributed by atoms with van der Waals surface area (Å²) in [6.45, 7) is 2.87. The van der Waals surface area contributed by atoms with E-state index in [-0.39, 0.29) is 0 Å². The van der Waals surface area contributed by atoms with Crippen molar-refractivity contribution < 1.29 is 0 Å². The van der Waals surface area contributed by atoms with Crippen LogP contribution in [0.4, 0.5) is 11.4 Å². The van der Waals surface area contributed by atoms with E-state index in [0.29, 0.717) is 0 Å². The van der Waals surface area contributed by atoms with Crippen LogP contribution in [0.15, 0.2) is 30.5 Å². The molecule has 0 amide bonds. The molecular formula is C13H18N4. The Balaban J connectivity index is 1.87.